The smallest absolute Gasteiger partial charge is 0.270 e. The zero-order chi connectivity index (χ0) is 15.3. The average molecular weight is 303 g/mol. The number of rotatable bonds is 7. The van der Waals surface area contributed by atoms with Gasteiger partial charge in [0.2, 0.25) is 10.0 Å². The van der Waals surface area contributed by atoms with E-state index in [1.807, 2.05) is 13.8 Å². The van der Waals surface area contributed by atoms with E-state index in [0.29, 0.717) is 0 Å². The van der Waals surface area contributed by atoms with Crippen LogP contribution in [0.1, 0.15) is 13.8 Å². The lowest BCUT2D eigenvalue weighted by molar-refractivity contribution is -0.385. The molecule has 0 atom stereocenters. The van der Waals surface area contributed by atoms with Crippen LogP contribution in [-0.2, 0) is 14.8 Å². The van der Waals surface area contributed by atoms with Gasteiger partial charge in [-0.05, 0) is 19.9 Å². The van der Waals surface area contributed by atoms with Crippen LogP contribution in [0.3, 0.4) is 0 Å². The third-order valence-electron chi connectivity index (χ3n) is 2.34. The fourth-order valence-electron chi connectivity index (χ4n) is 1.42. The molecular formula is C11H17N3O5S. The van der Waals surface area contributed by atoms with Gasteiger partial charge in [0.15, 0.2) is 0 Å². The van der Waals surface area contributed by atoms with Gasteiger partial charge in [-0.25, -0.2) is 13.1 Å². The minimum atomic E-state index is -3.90. The first kappa shape index (κ1) is 16.3. The van der Waals surface area contributed by atoms with Crippen LogP contribution in [0.4, 0.5) is 11.4 Å². The van der Waals surface area contributed by atoms with Crippen LogP contribution >= 0.6 is 0 Å². The van der Waals surface area contributed by atoms with Crippen molar-refractivity contribution in [2.24, 2.45) is 0 Å². The van der Waals surface area contributed by atoms with Crippen LogP contribution in [0.25, 0.3) is 0 Å². The molecule has 0 heterocycles. The molecule has 8 nitrogen and oxygen atoms in total. The molecule has 0 aliphatic heterocycles. The highest BCUT2D eigenvalue weighted by Crippen LogP contribution is 2.23. The van der Waals surface area contributed by atoms with E-state index in [0.717, 1.165) is 12.1 Å². The van der Waals surface area contributed by atoms with E-state index in [1.54, 1.807) is 0 Å². The quantitative estimate of drug-likeness (QED) is 0.333. The van der Waals surface area contributed by atoms with Gasteiger partial charge in [0, 0.05) is 18.7 Å². The summed E-state index contributed by atoms with van der Waals surface area (Å²) in [6, 6.07) is 3.27. The predicted octanol–water partition coefficient (Wildman–Crippen LogP) is 0.880. The molecule has 9 heteroatoms. The van der Waals surface area contributed by atoms with Crippen LogP contribution in [0.15, 0.2) is 23.1 Å². The largest absolute Gasteiger partial charge is 0.398 e. The summed E-state index contributed by atoms with van der Waals surface area (Å²) >= 11 is 0. The molecule has 0 spiro atoms. The maximum atomic E-state index is 12.0. The second-order valence-electron chi connectivity index (χ2n) is 4.30. The normalized spacial score (nSPS) is 11.8. The molecular weight excluding hydrogens is 286 g/mol. The fourth-order valence-corrected chi connectivity index (χ4v) is 2.58. The first-order valence-corrected chi connectivity index (χ1v) is 7.37. The number of nitrogens with one attached hydrogen (secondary N) is 1. The minimum Gasteiger partial charge on any atom is -0.398 e. The third kappa shape index (κ3) is 4.44. The molecule has 0 saturated carbocycles. The predicted molar refractivity (Wildman–Crippen MR) is 73.8 cm³/mol. The second-order valence-corrected chi connectivity index (χ2v) is 6.03. The third-order valence-corrected chi connectivity index (χ3v) is 3.86. The number of nitrogens with zero attached hydrogens (tertiary/aromatic N) is 1. The van der Waals surface area contributed by atoms with Crippen molar-refractivity contribution < 1.29 is 18.1 Å². The van der Waals surface area contributed by atoms with Crippen molar-refractivity contribution >= 4 is 21.4 Å². The summed E-state index contributed by atoms with van der Waals surface area (Å²) < 4.78 is 31.5. The molecule has 0 aliphatic carbocycles. The molecule has 0 saturated heterocycles. The van der Waals surface area contributed by atoms with E-state index in [1.165, 1.54) is 6.07 Å². The van der Waals surface area contributed by atoms with Gasteiger partial charge >= 0.3 is 0 Å². The summed E-state index contributed by atoms with van der Waals surface area (Å²) in [5.74, 6) is 0. The van der Waals surface area contributed by atoms with Crippen LogP contribution < -0.4 is 10.5 Å². The highest BCUT2D eigenvalue weighted by Gasteiger charge is 2.20. The van der Waals surface area contributed by atoms with Crippen LogP contribution in [-0.4, -0.2) is 32.6 Å². The lowest BCUT2D eigenvalue weighted by atomic mass is 10.3. The van der Waals surface area contributed by atoms with Crippen molar-refractivity contribution in [3.63, 3.8) is 0 Å². The molecule has 1 aromatic carbocycles. The number of nitrogens with two attached hydrogens (primary N) is 1. The zero-order valence-electron chi connectivity index (χ0n) is 11.2. The monoisotopic (exact) mass is 303 g/mol. The van der Waals surface area contributed by atoms with Gasteiger partial charge in [0.1, 0.15) is 4.90 Å². The molecule has 112 valence electrons. The van der Waals surface area contributed by atoms with Crippen molar-refractivity contribution in [1.82, 2.24) is 4.72 Å². The minimum absolute atomic E-state index is 0.0117. The number of benzene rings is 1. The van der Waals surface area contributed by atoms with E-state index < -0.39 is 14.9 Å². The summed E-state index contributed by atoms with van der Waals surface area (Å²) in [7, 11) is -3.90. The molecule has 0 bridgehead atoms. The maximum Gasteiger partial charge on any atom is 0.270 e. The number of anilines is 1. The van der Waals surface area contributed by atoms with Gasteiger partial charge in [-0.15, -0.1) is 0 Å². The molecule has 0 radical (unpaired) electrons. The Morgan fingerprint density at radius 3 is 2.65 bits per heavy atom. The fraction of sp³-hybridized carbons (Fsp3) is 0.455. The van der Waals surface area contributed by atoms with Gasteiger partial charge in [-0.2, -0.15) is 0 Å². The maximum absolute atomic E-state index is 12.0. The Balaban J connectivity index is 2.86. The van der Waals surface area contributed by atoms with Gasteiger partial charge in [-0.3, -0.25) is 10.1 Å². The number of non-ortho nitro benzene ring substituents is 1. The lowest BCUT2D eigenvalue weighted by Gasteiger charge is -2.10. The standard InChI is InChI=1S/C11H17N3O5S/c1-8(2)19-6-5-13-20(17,18)11-7-9(14(15)16)3-4-10(11)12/h3-4,7-8,13H,5-6,12H2,1-2H3. The SMILES string of the molecule is CC(C)OCCNS(=O)(=O)c1cc([N+](=O)[O-])ccc1N. The first-order valence-electron chi connectivity index (χ1n) is 5.89. The Labute approximate surface area is 117 Å². The van der Waals surface area contributed by atoms with Crippen molar-refractivity contribution in [2.45, 2.75) is 24.8 Å². The van der Waals surface area contributed by atoms with E-state index in [4.69, 9.17) is 10.5 Å². The summed E-state index contributed by atoms with van der Waals surface area (Å²) in [6.45, 7) is 3.91. The summed E-state index contributed by atoms with van der Waals surface area (Å²) in [4.78, 5) is 9.67. The molecule has 3 N–H and O–H groups in total. The van der Waals surface area contributed by atoms with Gasteiger partial charge in [-0.1, -0.05) is 0 Å². The number of hydrogen-bond donors (Lipinski definition) is 2. The highest BCUT2D eigenvalue weighted by atomic mass is 32.2. The van der Waals surface area contributed by atoms with Gasteiger partial charge in [0.05, 0.1) is 23.3 Å². The van der Waals surface area contributed by atoms with E-state index in [9.17, 15) is 18.5 Å². The molecule has 0 aromatic heterocycles. The Hall–Kier alpha value is -1.71. The van der Waals surface area contributed by atoms with Crippen molar-refractivity contribution in [3.05, 3.63) is 28.3 Å². The number of sulfonamides is 1. The molecule has 1 aromatic rings. The average Bonchev–Trinajstić information content (AvgIpc) is 2.34. The van der Waals surface area contributed by atoms with Crippen LogP contribution in [0.2, 0.25) is 0 Å². The molecule has 1 rings (SSSR count). The number of nitro groups is 1. The Morgan fingerprint density at radius 1 is 1.45 bits per heavy atom. The van der Waals surface area contributed by atoms with Crippen molar-refractivity contribution in [2.75, 3.05) is 18.9 Å². The highest BCUT2D eigenvalue weighted by molar-refractivity contribution is 7.89. The molecule has 0 aliphatic rings. The first-order chi connectivity index (χ1) is 9.24. The summed E-state index contributed by atoms with van der Waals surface area (Å²) in [6.07, 6.45) is -0.0117. The summed E-state index contributed by atoms with van der Waals surface area (Å²) in [5, 5.41) is 10.7. The molecule has 0 amide bonds. The summed E-state index contributed by atoms with van der Waals surface area (Å²) in [5.41, 5.74) is 5.17. The molecule has 0 fully saturated rings. The number of hydrogen-bond acceptors (Lipinski definition) is 6. The molecule has 0 unspecified atom stereocenters. The number of nitro benzene ring substituents is 1. The van der Waals surface area contributed by atoms with E-state index >= 15 is 0 Å². The lowest BCUT2D eigenvalue weighted by Crippen LogP contribution is -2.28. The van der Waals surface area contributed by atoms with Crippen molar-refractivity contribution in [3.8, 4) is 0 Å². The molecule has 20 heavy (non-hydrogen) atoms. The number of ether oxygens (including phenoxy) is 1. The Bertz CT molecular complexity index is 586. The van der Waals surface area contributed by atoms with Crippen LogP contribution in [0, 0.1) is 10.1 Å². The van der Waals surface area contributed by atoms with E-state index in [-0.39, 0.29) is 35.5 Å². The van der Waals surface area contributed by atoms with E-state index in [2.05, 4.69) is 4.72 Å². The Kier molecular flexibility index (Phi) is 5.43. The van der Waals surface area contributed by atoms with Crippen molar-refractivity contribution in [1.29, 1.82) is 0 Å². The number of nitrogen functional groups attached to an aromatic ring is 1. The van der Waals surface area contributed by atoms with Gasteiger partial charge < -0.3 is 10.5 Å². The zero-order valence-corrected chi connectivity index (χ0v) is 12.0. The topological polar surface area (TPSA) is 125 Å². The second kappa shape index (κ2) is 6.64. The Morgan fingerprint density at radius 2 is 2.10 bits per heavy atom. The van der Waals surface area contributed by atoms with Crippen LogP contribution in [0.5, 0.6) is 0 Å². The van der Waals surface area contributed by atoms with Gasteiger partial charge in [0.25, 0.3) is 5.69 Å².